The van der Waals surface area contributed by atoms with E-state index in [4.69, 9.17) is 4.74 Å². The van der Waals surface area contributed by atoms with Crippen LogP contribution in [0.25, 0.3) is 0 Å². The molecule has 0 aliphatic carbocycles. The van der Waals surface area contributed by atoms with Crippen LogP contribution >= 0.6 is 0 Å². The number of carbonyl (C=O) groups is 1. The standard InChI is InChI=1S/C18H35N3O2/c1-15(2)20-8-6-16(7-9-20)21-12-10-19(11-13-21)14-17(22)23-18(3,4)5/h15-16H,6-14H2,1-5H3. The molecule has 0 aromatic rings. The third kappa shape index (κ3) is 6.05. The minimum absolute atomic E-state index is 0.101. The van der Waals surface area contributed by atoms with Crippen LogP contribution in [0, 0.1) is 0 Å². The monoisotopic (exact) mass is 325 g/mol. The molecule has 2 heterocycles. The molecule has 5 heteroatoms. The maximum absolute atomic E-state index is 11.9. The second-order valence-electron chi connectivity index (χ2n) is 8.26. The largest absolute Gasteiger partial charge is 0.459 e. The van der Waals surface area contributed by atoms with Crippen molar-refractivity contribution in [3.63, 3.8) is 0 Å². The predicted octanol–water partition coefficient (Wildman–Crippen LogP) is 1.82. The molecule has 2 aliphatic heterocycles. The van der Waals surface area contributed by atoms with Gasteiger partial charge in [0.05, 0.1) is 6.54 Å². The van der Waals surface area contributed by atoms with Crippen LogP contribution in [0.15, 0.2) is 0 Å². The van der Waals surface area contributed by atoms with Gasteiger partial charge in [0.2, 0.25) is 0 Å². The summed E-state index contributed by atoms with van der Waals surface area (Å²) in [6, 6.07) is 1.40. The summed E-state index contributed by atoms with van der Waals surface area (Å²) in [6.45, 7) is 17.3. The molecule has 0 saturated carbocycles. The number of hydrogen-bond donors (Lipinski definition) is 0. The third-order valence-corrected chi connectivity index (χ3v) is 4.93. The first-order valence-electron chi connectivity index (χ1n) is 9.17. The Kier molecular flexibility index (Phi) is 6.46. The van der Waals surface area contributed by atoms with E-state index in [9.17, 15) is 4.79 Å². The summed E-state index contributed by atoms with van der Waals surface area (Å²) in [5, 5.41) is 0. The molecule has 2 rings (SSSR count). The number of piperazine rings is 1. The van der Waals surface area contributed by atoms with E-state index in [-0.39, 0.29) is 11.6 Å². The lowest BCUT2D eigenvalue weighted by molar-refractivity contribution is -0.156. The maximum Gasteiger partial charge on any atom is 0.320 e. The van der Waals surface area contributed by atoms with Gasteiger partial charge in [0, 0.05) is 38.3 Å². The van der Waals surface area contributed by atoms with Crippen molar-refractivity contribution in [2.24, 2.45) is 0 Å². The summed E-state index contributed by atoms with van der Waals surface area (Å²) in [4.78, 5) is 19.4. The van der Waals surface area contributed by atoms with E-state index in [0.717, 1.165) is 32.2 Å². The highest BCUT2D eigenvalue weighted by molar-refractivity contribution is 5.72. The fraction of sp³-hybridized carbons (Fsp3) is 0.944. The summed E-state index contributed by atoms with van der Waals surface area (Å²) >= 11 is 0. The number of nitrogens with zero attached hydrogens (tertiary/aromatic N) is 3. The Morgan fingerprint density at radius 3 is 2.09 bits per heavy atom. The summed E-state index contributed by atoms with van der Waals surface area (Å²) < 4.78 is 5.42. The normalized spacial score (nSPS) is 23.4. The van der Waals surface area contributed by atoms with Gasteiger partial charge in [-0.3, -0.25) is 14.6 Å². The highest BCUT2D eigenvalue weighted by atomic mass is 16.6. The van der Waals surface area contributed by atoms with Crippen molar-refractivity contribution in [1.82, 2.24) is 14.7 Å². The maximum atomic E-state index is 11.9. The Balaban J connectivity index is 1.69. The molecule has 23 heavy (non-hydrogen) atoms. The smallest absolute Gasteiger partial charge is 0.320 e. The van der Waals surface area contributed by atoms with E-state index in [1.165, 1.54) is 25.9 Å². The first-order valence-corrected chi connectivity index (χ1v) is 9.17. The molecule has 0 unspecified atom stereocenters. The van der Waals surface area contributed by atoms with Crippen molar-refractivity contribution < 1.29 is 9.53 Å². The lowest BCUT2D eigenvalue weighted by atomic mass is 10.0. The van der Waals surface area contributed by atoms with E-state index >= 15 is 0 Å². The van der Waals surface area contributed by atoms with Crippen LogP contribution in [0.2, 0.25) is 0 Å². The van der Waals surface area contributed by atoms with Crippen LogP contribution in [-0.4, -0.2) is 84.2 Å². The number of hydrogen-bond acceptors (Lipinski definition) is 5. The number of ether oxygens (including phenoxy) is 1. The SMILES string of the molecule is CC(C)N1CCC(N2CCN(CC(=O)OC(C)(C)C)CC2)CC1. The zero-order valence-corrected chi connectivity index (χ0v) is 15.7. The molecule has 0 N–H and O–H groups in total. The van der Waals surface area contributed by atoms with Crippen LogP contribution < -0.4 is 0 Å². The number of piperidine rings is 1. The van der Waals surface area contributed by atoms with Crippen molar-refractivity contribution in [2.45, 2.75) is 65.1 Å². The van der Waals surface area contributed by atoms with Crippen molar-refractivity contribution in [1.29, 1.82) is 0 Å². The molecule has 0 bridgehead atoms. The van der Waals surface area contributed by atoms with E-state index < -0.39 is 0 Å². The number of esters is 1. The van der Waals surface area contributed by atoms with Gasteiger partial charge in [0.25, 0.3) is 0 Å². The van der Waals surface area contributed by atoms with E-state index in [0.29, 0.717) is 12.6 Å². The zero-order valence-electron chi connectivity index (χ0n) is 15.7. The number of carbonyl (C=O) groups excluding carboxylic acids is 1. The third-order valence-electron chi connectivity index (χ3n) is 4.93. The van der Waals surface area contributed by atoms with Gasteiger partial charge < -0.3 is 9.64 Å². The molecule has 5 nitrogen and oxygen atoms in total. The molecule has 0 amide bonds. The second-order valence-corrected chi connectivity index (χ2v) is 8.26. The highest BCUT2D eigenvalue weighted by Crippen LogP contribution is 2.19. The van der Waals surface area contributed by atoms with Crippen molar-refractivity contribution in [3.05, 3.63) is 0 Å². The molecule has 0 atom stereocenters. The predicted molar refractivity (Wildman–Crippen MR) is 93.6 cm³/mol. The van der Waals surface area contributed by atoms with Gasteiger partial charge in [-0.05, 0) is 60.5 Å². The molecule has 0 spiro atoms. The lowest BCUT2D eigenvalue weighted by Crippen LogP contribution is -2.54. The summed E-state index contributed by atoms with van der Waals surface area (Å²) in [6.07, 6.45) is 2.56. The summed E-state index contributed by atoms with van der Waals surface area (Å²) in [7, 11) is 0. The molecule has 0 aromatic heterocycles. The summed E-state index contributed by atoms with van der Waals surface area (Å²) in [5.41, 5.74) is -0.386. The van der Waals surface area contributed by atoms with Gasteiger partial charge in [-0.15, -0.1) is 0 Å². The van der Waals surface area contributed by atoms with Crippen LogP contribution in [0.5, 0.6) is 0 Å². The Labute approximate surface area is 141 Å². The average Bonchev–Trinajstić information content (AvgIpc) is 2.46. The molecule has 0 aromatic carbocycles. The zero-order chi connectivity index (χ0) is 17.0. The molecule has 2 aliphatic rings. The summed E-state index contributed by atoms with van der Waals surface area (Å²) in [5.74, 6) is -0.101. The minimum atomic E-state index is -0.386. The van der Waals surface area contributed by atoms with Gasteiger partial charge >= 0.3 is 5.97 Å². The number of rotatable bonds is 4. The number of likely N-dealkylation sites (tertiary alicyclic amines) is 1. The average molecular weight is 325 g/mol. The van der Waals surface area contributed by atoms with Crippen molar-refractivity contribution in [2.75, 3.05) is 45.8 Å². The fourth-order valence-corrected chi connectivity index (χ4v) is 3.61. The van der Waals surface area contributed by atoms with E-state index in [1.807, 2.05) is 20.8 Å². The Morgan fingerprint density at radius 2 is 1.61 bits per heavy atom. The van der Waals surface area contributed by atoms with Crippen LogP contribution in [-0.2, 0) is 9.53 Å². The van der Waals surface area contributed by atoms with E-state index in [1.54, 1.807) is 0 Å². The fourth-order valence-electron chi connectivity index (χ4n) is 3.61. The van der Waals surface area contributed by atoms with Gasteiger partial charge in [-0.25, -0.2) is 0 Å². The van der Waals surface area contributed by atoms with Crippen molar-refractivity contribution in [3.8, 4) is 0 Å². The quantitative estimate of drug-likeness (QED) is 0.737. The van der Waals surface area contributed by atoms with Crippen LogP contribution in [0.4, 0.5) is 0 Å². The first-order chi connectivity index (χ1) is 10.7. The van der Waals surface area contributed by atoms with Crippen LogP contribution in [0.3, 0.4) is 0 Å². The van der Waals surface area contributed by atoms with Gasteiger partial charge in [-0.2, -0.15) is 0 Å². The molecule has 2 fully saturated rings. The molecule has 2 saturated heterocycles. The van der Waals surface area contributed by atoms with Gasteiger partial charge in [0.15, 0.2) is 0 Å². The first kappa shape index (κ1) is 18.7. The highest BCUT2D eigenvalue weighted by Gasteiger charge is 2.29. The Bertz CT molecular complexity index is 376. The van der Waals surface area contributed by atoms with Crippen molar-refractivity contribution >= 4 is 5.97 Å². The van der Waals surface area contributed by atoms with Gasteiger partial charge in [0.1, 0.15) is 5.60 Å². The molecule has 134 valence electrons. The topological polar surface area (TPSA) is 36.0 Å². The molecular formula is C18H35N3O2. The molecular weight excluding hydrogens is 290 g/mol. The lowest BCUT2D eigenvalue weighted by Gasteiger charge is -2.43. The Morgan fingerprint density at radius 1 is 1.04 bits per heavy atom. The van der Waals surface area contributed by atoms with E-state index in [2.05, 4.69) is 28.5 Å². The Hall–Kier alpha value is -0.650. The van der Waals surface area contributed by atoms with Crippen LogP contribution in [0.1, 0.15) is 47.5 Å². The second kappa shape index (κ2) is 7.95. The molecule has 0 radical (unpaired) electrons. The minimum Gasteiger partial charge on any atom is -0.459 e. The van der Waals surface area contributed by atoms with Gasteiger partial charge in [-0.1, -0.05) is 0 Å².